The first-order valence-electron chi connectivity index (χ1n) is 7.46. The van der Waals surface area contributed by atoms with Gasteiger partial charge in [-0.25, -0.2) is 0 Å². The number of nitriles is 1. The maximum Gasteiger partial charge on any atom is 0.122 e. The molecule has 0 aromatic rings. The van der Waals surface area contributed by atoms with E-state index in [1.165, 1.54) is 45.2 Å². The fraction of sp³-hybridized carbons (Fsp3) is 0.933. The van der Waals surface area contributed by atoms with Crippen LogP contribution in [-0.4, -0.2) is 37.1 Å². The second-order valence-corrected chi connectivity index (χ2v) is 6.28. The van der Waals surface area contributed by atoms with Gasteiger partial charge in [0.25, 0.3) is 0 Å². The van der Waals surface area contributed by atoms with Crippen molar-refractivity contribution >= 4 is 0 Å². The third-order valence-electron chi connectivity index (χ3n) is 5.41. The summed E-state index contributed by atoms with van der Waals surface area (Å²) in [4.78, 5) is 2.52. The zero-order chi connectivity index (χ0) is 13.2. The minimum absolute atomic E-state index is 0.294. The Labute approximate surface area is 112 Å². The Morgan fingerprint density at radius 2 is 2.06 bits per heavy atom. The van der Waals surface area contributed by atoms with Gasteiger partial charge in [-0.3, -0.25) is 4.90 Å². The summed E-state index contributed by atoms with van der Waals surface area (Å²) < 4.78 is 0. The lowest BCUT2D eigenvalue weighted by Gasteiger charge is -2.33. The normalized spacial score (nSPS) is 26.8. The van der Waals surface area contributed by atoms with Crippen molar-refractivity contribution in [2.45, 2.75) is 51.5 Å². The summed E-state index contributed by atoms with van der Waals surface area (Å²) in [5.74, 6) is 0.575. The summed E-state index contributed by atoms with van der Waals surface area (Å²) in [7, 11) is 1.95. The molecule has 1 N–H and O–H groups in total. The van der Waals surface area contributed by atoms with E-state index in [0.717, 1.165) is 6.54 Å². The van der Waals surface area contributed by atoms with Crippen LogP contribution in [0.1, 0.15) is 46.0 Å². The van der Waals surface area contributed by atoms with Gasteiger partial charge in [0, 0.05) is 13.1 Å². The van der Waals surface area contributed by atoms with Crippen LogP contribution in [0.3, 0.4) is 0 Å². The molecular weight excluding hydrogens is 222 g/mol. The Morgan fingerprint density at radius 1 is 1.39 bits per heavy atom. The molecule has 0 aromatic carbocycles. The molecule has 3 nitrogen and oxygen atoms in total. The number of likely N-dealkylation sites (N-methyl/N-ethyl adjacent to an activating group) is 1. The van der Waals surface area contributed by atoms with Gasteiger partial charge < -0.3 is 5.32 Å². The van der Waals surface area contributed by atoms with E-state index in [2.05, 4.69) is 30.1 Å². The van der Waals surface area contributed by atoms with Crippen LogP contribution < -0.4 is 5.32 Å². The predicted octanol–water partition coefficient (Wildman–Crippen LogP) is 2.39. The molecule has 0 spiro atoms. The van der Waals surface area contributed by atoms with Crippen molar-refractivity contribution in [3.05, 3.63) is 0 Å². The molecule has 1 saturated carbocycles. The fourth-order valence-corrected chi connectivity index (χ4v) is 3.51. The number of hydrogen-bond acceptors (Lipinski definition) is 3. The lowest BCUT2D eigenvalue weighted by molar-refractivity contribution is 0.198. The van der Waals surface area contributed by atoms with Crippen molar-refractivity contribution in [1.82, 2.24) is 10.2 Å². The summed E-state index contributed by atoms with van der Waals surface area (Å²) in [6.07, 6.45) is 6.27. The summed E-state index contributed by atoms with van der Waals surface area (Å²) in [5, 5.41) is 12.9. The predicted molar refractivity (Wildman–Crippen MR) is 74.2 cm³/mol. The Hall–Kier alpha value is -0.590. The highest BCUT2D eigenvalue weighted by Gasteiger charge is 2.47. The molecule has 2 fully saturated rings. The number of nitrogens with one attached hydrogen (secondary N) is 1. The maximum absolute atomic E-state index is 9.55. The van der Waals surface area contributed by atoms with E-state index in [1.807, 2.05) is 7.05 Å². The molecule has 1 heterocycles. The molecule has 0 amide bonds. The minimum Gasteiger partial charge on any atom is -0.301 e. The van der Waals surface area contributed by atoms with Gasteiger partial charge >= 0.3 is 0 Å². The Bertz CT molecular complexity index is 325. The van der Waals surface area contributed by atoms with Crippen molar-refractivity contribution in [2.75, 3.05) is 26.7 Å². The second-order valence-electron chi connectivity index (χ2n) is 6.28. The molecular formula is C15H27N3. The van der Waals surface area contributed by atoms with Crippen molar-refractivity contribution in [2.24, 2.45) is 11.3 Å². The average molecular weight is 249 g/mol. The summed E-state index contributed by atoms with van der Waals surface area (Å²) in [6, 6.07) is 2.56. The molecule has 18 heavy (non-hydrogen) atoms. The smallest absolute Gasteiger partial charge is 0.122 e. The molecule has 0 radical (unpaired) electrons. The highest BCUT2D eigenvalue weighted by Crippen LogP contribution is 2.42. The molecule has 1 unspecified atom stereocenters. The molecule has 0 aromatic heterocycles. The summed E-state index contributed by atoms with van der Waals surface area (Å²) in [5.41, 5.74) is 0.218. The zero-order valence-electron chi connectivity index (χ0n) is 12.1. The maximum atomic E-state index is 9.55. The van der Waals surface area contributed by atoms with Crippen molar-refractivity contribution in [3.63, 3.8) is 0 Å². The van der Waals surface area contributed by atoms with Crippen LogP contribution in [0.4, 0.5) is 0 Å². The Morgan fingerprint density at radius 3 is 2.44 bits per heavy atom. The van der Waals surface area contributed by atoms with Gasteiger partial charge in [0.2, 0.25) is 0 Å². The van der Waals surface area contributed by atoms with Crippen LogP contribution in [0.2, 0.25) is 0 Å². The SMILES string of the molecule is CCC1(CC)CCN(CC(C#N)(NC)C2CC2)C1. The van der Waals surface area contributed by atoms with Crippen LogP contribution in [0.25, 0.3) is 0 Å². The van der Waals surface area contributed by atoms with Crippen molar-refractivity contribution in [1.29, 1.82) is 5.26 Å². The highest BCUT2D eigenvalue weighted by atomic mass is 15.2. The van der Waals surface area contributed by atoms with Gasteiger partial charge in [0.05, 0.1) is 6.07 Å². The molecule has 2 aliphatic rings. The van der Waals surface area contributed by atoms with Gasteiger partial charge in [-0.15, -0.1) is 0 Å². The third-order valence-corrected chi connectivity index (χ3v) is 5.41. The van der Waals surface area contributed by atoms with Gasteiger partial charge in [-0.1, -0.05) is 13.8 Å². The van der Waals surface area contributed by atoms with Gasteiger partial charge in [-0.2, -0.15) is 5.26 Å². The molecule has 2 rings (SSSR count). The summed E-state index contributed by atoms with van der Waals surface area (Å²) in [6.45, 7) is 7.87. The lowest BCUT2D eigenvalue weighted by Crippen LogP contribution is -2.52. The van der Waals surface area contributed by atoms with E-state index < -0.39 is 0 Å². The lowest BCUT2D eigenvalue weighted by atomic mass is 9.82. The minimum atomic E-state index is -0.294. The largest absolute Gasteiger partial charge is 0.301 e. The van der Waals surface area contributed by atoms with E-state index >= 15 is 0 Å². The van der Waals surface area contributed by atoms with Gasteiger partial charge in [-0.05, 0) is 57.0 Å². The monoisotopic (exact) mass is 249 g/mol. The first-order valence-corrected chi connectivity index (χ1v) is 7.46. The third kappa shape index (κ3) is 2.41. The molecule has 102 valence electrons. The van der Waals surface area contributed by atoms with Gasteiger partial charge in [0.15, 0.2) is 0 Å². The molecule has 1 atom stereocenters. The van der Waals surface area contributed by atoms with Crippen LogP contribution in [0.15, 0.2) is 0 Å². The van der Waals surface area contributed by atoms with Crippen LogP contribution in [0.5, 0.6) is 0 Å². The van der Waals surface area contributed by atoms with Crippen LogP contribution in [-0.2, 0) is 0 Å². The van der Waals surface area contributed by atoms with Crippen LogP contribution in [0, 0.1) is 22.7 Å². The standard InChI is InChI=1S/C15H27N3/c1-4-14(5-2)8-9-18(11-14)12-15(10-16,17-3)13-6-7-13/h13,17H,4-9,11-12H2,1-3H3. The number of nitrogens with zero attached hydrogens (tertiary/aromatic N) is 2. The van der Waals surface area contributed by atoms with E-state index in [-0.39, 0.29) is 5.54 Å². The highest BCUT2D eigenvalue weighted by molar-refractivity contribution is 5.16. The molecule has 3 heteroatoms. The Kier molecular flexibility index (Phi) is 3.99. The fourth-order valence-electron chi connectivity index (χ4n) is 3.51. The summed E-state index contributed by atoms with van der Waals surface area (Å²) >= 11 is 0. The first-order chi connectivity index (χ1) is 8.63. The number of rotatable bonds is 6. The quantitative estimate of drug-likeness (QED) is 0.785. The van der Waals surface area contributed by atoms with E-state index in [0.29, 0.717) is 11.3 Å². The van der Waals surface area contributed by atoms with Gasteiger partial charge in [0.1, 0.15) is 5.54 Å². The number of likely N-dealkylation sites (tertiary alicyclic amines) is 1. The van der Waals surface area contributed by atoms with Crippen LogP contribution >= 0.6 is 0 Å². The molecule has 0 bridgehead atoms. The van der Waals surface area contributed by atoms with E-state index in [1.54, 1.807) is 0 Å². The molecule has 1 aliphatic heterocycles. The average Bonchev–Trinajstić information content (AvgIpc) is 3.19. The topological polar surface area (TPSA) is 39.1 Å². The Balaban J connectivity index is 2.00. The first kappa shape index (κ1) is 13.8. The van der Waals surface area contributed by atoms with E-state index in [9.17, 15) is 5.26 Å². The molecule has 1 aliphatic carbocycles. The van der Waals surface area contributed by atoms with Crippen molar-refractivity contribution in [3.8, 4) is 6.07 Å². The number of hydrogen-bond donors (Lipinski definition) is 1. The van der Waals surface area contributed by atoms with Crippen molar-refractivity contribution < 1.29 is 0 Å². The van der Waals surface area contributed by atoms with E-state index in [4.69, 9.17) is 0 Å². The molecule has 1 saturated heterocycles. The second kappa shape index (κ2) is 5.19. The zero-order valence-corrected chi connectivity index (χ0v) is 12.1.